The molecule has 0 saturated heterocycles. The number of phenolic OH excluding ortho intramolecular Hbond substituents is 1. The molecule has 4 nitrogen and oxygen atoms in total. The van der Waals surface area contributed by atoms with Crippen molar-refractivity contribution in [3.05, 3.63) is 59.7 Å². The molecule has 19 heavy (non-hydrogen) atoms. The van der Waals surface area contributed by atoms with E-state index in [4.69, 9.17) is 5.73 Å². The van der Waals surface area contributed by atoms with Crippen LogP contribution in [0.3, 0.4) is 0 Å². The minimum absolute atomic E-state index is 0.0270. The van der Waals surface area contributed by atoms with Crippen LogP contribution in [0.25, 0.3) is 0 Å². The fourth-order valence-corrected chi connectivity index (χ4v) is 1.77. The third-order valence-electron chi connectivity index (χ3n) is 2.85. The molecule has 0 heterocycles. The summed E-state index contributed by atoms with van der Waals surface area (Å²) in [5, 5.41) is 12.3. The van der Waals surface area contributed by atoms with Crippen LogP contribution in [-0.4, -0.2) is 11.0 Å². The molecule has 0 aromatic heterocycles. The first-order valence-electron chi connectivity index (χ1n) is 5.99. The second-order valence-corrected chi connectivity index (χ2v) is 4.40. The molecule has 2 aromatic rings. The highest BCUT2D eigenvalue weighted by Crippen LogP contribution is 2.24. The average molecular weight is 256 g/mol. The molecule has 2 rings (SSSR count). The summed E-state index contributed by atoms with van der Waals surface area (Å²) in [6.45, 7) is 1.88. The number of benzene rings is 2. The zero-order valence-corrected chi connectivity index (χ0v) is 10.6. The summed E-state index contributed by atoms with van der Waals surface area (Å²) in [5.41, 5.74) is 7.93. The van der Waals surface area contributed by atoms with Crippen LogP contribution >= 0.6 is 0 Å². The molecule has 1 amide bonds. The Bertz CT molecular complexity index is 582. The Kier molecular flexibility index (Phi) is 3.82. The SMILES string of the molecule is Cc1ccc(O)c(NC(=O)[C@H](N)c2ccccc2)c1. The second-order valence-electron chi connectivity index (χ2n) is 4.40. The monoisotopic (exact) mass is 256 g/mol. The number of aryl methyl sites for hydroxylation is 1. The van der Waals surface area contributed by atoms with Gasteiger partial charge in [-0.2, -0.15) is 0 Å². The van der Waals surface area contributed by atoms with Gasteiger partial charge >= 0.3 is 0 Å². The normalized spacial score (nSPS) is 11.9. The van der Waals surface area contributed by atoms with Crippen LogP contribution in [0.15, 0.2) is 48.5 Å². The number of amides is 1. The van der Waals surface area contributed by atoms with Gasteiger partial charge in [-0.1, -0.05) is 36.4 Å². The first-order valence-corrected chi connectivity index (χ1v) is 5.99. The van der Waals surface area contributed by atoms with E-state index in [1.54, 1.807) is 30.3 Å². The van der Waals surface area contributed by atoms with Crippen molar-refractivity contribution in [1.82, 2.24) is 0 Å². The van der Waals surface area contributed by atoms with Gasteiger partial charge in [-0.25, -0.2) is 0 Å². The number of nitrogens with two attached hydrogens (primary N) is 1. The van der Waals surface area contributed by atoms with Crippen molar-refractivity contribution in [2.45, 2.75) is 13.0 Å². The third-order valence-corrected chi connectivity index (χ3v) is 2.85. The highest BCUT2D eigenvalue weighted by Gasteiger charge is 2.16. The van der Waals surface area contributed by atoms with E-state index >= 15 is 0 Å². The lowest BCUT2D eigenvalue weighted by atomic mass is 10.1. The molecule has 0 aliphatic rings. The van der Waals surface area contributed by atoms with E-state index in [1.807, 2.05) is 25.1 Å². The molecule has 0 radical (unpaired) electrons. The Balaban J connectivity index is 2.15. The van der Waals surface area contributed by atoms with E-state index in [9.17, 15) is 9.90 Å². The van der Waals surface area contributed by atoms with Crippen LogP contribution in [0.5, 0.6) is 5.75 Å². The lowest BCUT2D eigenvalue weighted by molar-refractivity contribution is -0.117. The lowest BCUT2D eigenvalue weighted by Crippen LogP contribution is -2.27. The summed E-state index contributed by atoms with van der Waals surface area (Å²) in [4.78, 5) is 12.0. The van der Waals surface area contributed by atoms with Crippen molar-refractivity contribution in [2.24, 2.45) is 5.73 Å². The summed E-state index contributed by atoms with van der Waals surface area (Å²) in [6.07, 6.45) is 0. The van der Waals surface area contributed by atoms with E-state index in [1.165, 1.54) is 0 Å². The Morgan fingerprint density at radius 1 is 1.21 bits per heavy atom. The first kappa shape index (κ1) is 13.1. The predicted molar refractivity (Wildman–Crippen MR) is 74.8 cm³/mol. The Hall–Kier alpha value is -2.33. The van der Waals surface area contributed by atoms with Gasteiger partial charge < -0.3 is 16.2 Å². The summed E-state index contributed by atoms with van der Waals surface area (Å²) in [7, 11) is 0. The summed E-state index contributed by atoms with van der Waals surface area (Å²) in [6, 6.07) is 13.3. The fourth-order valence-electron chi connectivity index (χ4n) is 1.77. The van der Waals surface area contributed by atoms with Crippen molar-refractivity contribution in [1.29, 1.82) is 0 Å². The van der Waals surface area contributed by atoms with E-state index in [0.29, 0.717) is 5.69 Å². The van der Waals surface area contributed by atoms with Crippen LogP contribution in [0.2, 0.25) is 0 Å². The molecule has 1 atom stereocenters. The fraction of sp³-hybridized carbons (Fsp3) is 0.133. The van der Waals surface area contributed by atoms with Crippen molar-refractivity contribution < 1.29 is 9.90 Å². The lowest BCUT2D eigenvalue weighted by Gasteiger charge is -2.13. The number of anilines is 1. The quantitative estimate of drug-likeness (QED) is 0.738. The standard InChI is InChI=1S/C15H16N2O2/c1-10-7-8-13(18)12(9-10)17-15(19)14(16)11-5-3-2-4-6-11/h2-9,14,18H,16H2,1H3,(H,17,19)/t14-/m1/s1. The van der Waals surface area contributed by atoms with Crippen LogP contribution < -0.4 is 11.1 Å². The van der Waals surface area contributed by atoms with Crippen LogP contribution in [-0.2, 0) is 4.79 Å². The van der Waals surface area contributed by atoms with Crippen molar-refractivity contribution >= 4 is 11.6 Å². The number of hydrogen-bond donors (Lipinski definition) is 3. The molecule has 0 aliphatic carbocycles. The average Bonchev–Trinajstić information content (AvgIpc) is 2.43. The van der Waals surface area contributed by atoms with Gasteiger partial charge in [0.25, 0.3) is 0 Å². The van der Waals surface area contributed by atoms with Gasteiger partial charge in [-0.15, -0.1) is 0 Å². The van der Waals surface area contributed by atoms with Gasteiger partial charge in [0.1, 0.15) is 11.8 Å². The van der Waals surface area contributed by atoms with Gasteiger partial charge in [0.2, 0.25) is 5.91 Å². The minimum atomic E-state index is -0.763. The third kappa shape index (κ3) is 3.11. The topological polar surface area (TPSA) is 75.3 Å². The van der Waals surface area contributed by atoms with Crippen LogP contribution in [0.4, 0.5) is 5.69 Å². The van der Waals surface area contributed by atoms with Crippen molar-refractivity contribution in [3.8, 4) is 5.75 Å². The van der Waals surface area contributed by atoms with Gasteiger partial charge in [0.05, 0.1) is 5.69 Å². The highest BCUT2D eigenvalue weighted by atomic mass is 16.3. The second kappa shape index (κ2) is 5.54. The molecule has 0 spiro atoms. The molecular weight excluding hydrogens is 240 g/mol. The summed E-state index contributed by atoms with van der Waals surface area (Å²) >= 11 is 0. The van der Waals surface area contributed by atoms with E-state index < -0.39 is 6.04 Å². The van der Waals surface area contributed by atoms with E-state index in [0.717, 1.165) is 11.1 Å². The zero-order valence-electron chi connectivity index (χ0n) is 10.6. The Labute approximate surface area is 111 Å². The molecule has 0 bridgehead atoms. The maximum absolute atomic E-state index is 12.0. The summed E-state index contributed by atoms with van der Waals surface area (Å²) in [5.74, 6) is -0.327. The highest BCUT2D eigenvalue weighted by molar-refractivity contribution is 5.96. The van der Waals surface area contributed by atoms with Gasteiger partial charge in [-0.3, -0.25) is 4.79 Å². The first-order chi connectivity index (χ1) is 9.08. The van der Waals surface area contributed by atoms with Gasteiger partial charge in [-0.05, 0) is 30.2 Å². The molecule has 0 unspecified atom stereocenters. The molecule has 0 saturated carbocycles. The number of nitrogens with one attached hydrogen (secondary N) is 1. The van der Waals surface area contributed by atoms with Crippen LogP contribution in [0, 0.1) is 6.92 Å². The smallest absolute Gasteiger partial charge is 0.245 e. The van der Waals surface area contributed by atoms with E-state index in [-0.39, 0.29) is 11.7 Å². The minimum Gasteiger partial charge on any atom is -0.506 e. The van der Waals surface area contributed by atoms with E-state index in [2.05, 4.69) is 5.32 Å². The molecule has 0 fully saturated rings. The number of phenols is 1. The molecule has 4 N–H and O–H groups in total. The summed E-state index contributed by atoms with van der Waals surface area (Å²) < 4.78 is 0. The molecule has 4 heteroatoms. The number of hydrogen-bond acceptors (Lipinski definition) is 3. The van der Waals surface area contributed by atoms with Crippen molar-refractivity contribution in [3.63, 3.8) is 0 Å². The molecular formula is C15H16N2O2. The predicted octanol–water partition coefficient (Wildman–Crippen LogP) is 2.34. The Morgan fingerprint density at radius 2 is 1.89 bits per heavy atom. The van der Waals surface area contributed by atoms with Gasteiger partial charge in [0.15, 0.2) is 0 Å². The van der Waals surface area contributed by atoms with Gasteiger partial charge in [0, 0.05) is 0 Å². The Morgan fingerprint density at radius 3 is 2.58 bits per heavy atom. The number of carbonyl (C=O) groups excluding carboxylic acids is 1. The molecule has 2 aromatic carbocycles. The largest absolute Gasteiger partial charge is 0.506 e. The number of aromatic hydroxyl groups is 1. The maximum Gasteiger partial charge on any atom is 0.245 e. The number of carbonyl (C=O) groups is 1. The molecule has 98 valence electrons. The van der Waals surface area contributed by atoms with Crippen LogP contribution in [0.1, 0.15) is 17.2 Å². The number of rotatable bonds is 3. The zero-order chi connectivity index (χ0) is 13.8. The molecule has 0 aliphatic heterocycles. The van der Waals surface area contributed by atoms with Crippen molar-refractivity contribution in [2.75, 3.05) is 5.32 Å². The maximum atomic E-state index is 12.0.